The molecule has 0 aliphatic rings. The second kappa shape index (κ2) is 8.98. The molecule has 0 bridgehead atoms. The Morgan fingerprint density at radius 2 is 1.56 bits per heavy atom. The van der Waals surface area contributed by atoms with E-state index in [1.54, 1.807) is 48.5 Å². The summed E-state index contributed by atoms with van der Waals surface area (Å²) in [4.78, 5) is 35.6. The zero-order valence-corrected chi connectivity index (χ0v) is 15.2. The SMILES string of the molecule is CCCC(=O)Nc1ccc(C(=O)NNC(=O)c2cccc(Br)c2)cc1. The normalized spacial score (nSPS) is 10.0. The molecule has 7 heteroatoms. The van der Waals surface area contributed by atoms with Crippen LogP contribution in [0.1, 0.15) is 40.5 Å². The Morgan fingerprint density at radius 3 is 2.16 bits per heavy atom. The summed E-state index contributed by atoms with van der Waals surface area (Å²) in [5.74, 6) is -0.936. The topological polar surface area (TPSA) is 87.3 Å². The highest BCUT2D eigenvalue weighted by Crippen LogP contribution is 2.12. The van der Waals surface area contributed by atoms with Crippen LogP contribution < -0.4 is 16.2 Å². The number of hydrogen-bond acceptors (Lipinski definition) is 3. The summed E-state index contributed by atoms with van der Waals surface area (Å²) in [6, 6.07) is 13.2. The fraction of sp³-hybridized carbons (Fsp3) is 0.167. The number of carbonyl (C=O) groups excluding carboxylic acids is 3. The molecule has 25 heavy (non-hydrogen) atoms. The Kier molecular flexibility index (Phi) is 6.71. The molecule has 0 radical (unpaired) electrons. The van der Waals surface area contributed by atoms with E-state index in [9.17, 15) is 14.4 Å². The quantitative estimate of drug-likeness (QED) is 0.669. The zero-order chi connectivity index (χ0) is 18.2. The minimum Gasteiger partial charge on any atom is -0.326 e. The first-order valence-electron chi connectivity index (χ1n) is 7.75. The summed E-state index contributed by atoms with van der Waals surface area (Å²) in [6.45, 7) is 1.93. The van der Waals surface area contributed by atoms with Gasteiger partial charge in [0.1, 0.15) is 0 Å². The summed E-state index contributed by atoms with van der Waals surface area (Å²) < 4.78 is 0.771. The molecule has 0 atom stereocenters. The molecule has 0 spiro atoms. The average Bonchev–Trinajstić information content (AvgIpc) is 2.60. The smallest absolute Gasteiger partial charge is 0.269 e. The maximum absolute atomic E-state index is 12.1. The fourth-order valence-corrected chi connectivity index (χ4v) is 2.44. The number of amides is 3. The van der Waals surface area contributed by atoms with Crippen molar-refractivity contribution < 1.29 is 14.4 Å². The van der Waals surface area contributed by atoms with Crippen molar-refractivity contribution in [1.29, 1.82) is 0 Å². The van der Waals surface area contributed by atoms with Crippen LogP contribution in [-0.2, 0) is 4.79 Å². The number of benzene rings is 2. The van der Waals surface area contributed by atoms with Gasteiger partial charge in [0.15, 0.2) is 0 Å². The number of halogens is 1. The Balaban J connectivity index is 1.90. The second-order valence-corrected chi connectivity index (χ2v) is 6.21. The molecule has 130 valence electrons. The number of nitrogens with one attached hydrogen (secondary N) is 3. The molecule has 3 amide bonds. The Labute approximate surface area is 154 Å². The van der Waals surface area contributed by atoms with Gasteiger partial charge in [0.25, 0.3) is 11.8 Å². The van der Waals surface area contributed by atoms with Crippen molar-refractivity contribution in [2.24, 2.45) is 0 Å². The van der Waals surface area contributed by atoms with Gasteiger partial charge in [-0.1, -0.05) is 28.9 Å². The molecule has 6 nitrogen and oxygen atoms in total. The molecule has 2 aromatic rings. The third kappa shape index (κ3) is 5.72. The van der Waals surface area contributed by atoms with Crippen molar-refractivity contribution in [3.63, 3.8) is 0 Å². The summed E-state index contributed by atoms with van der Waals surface area (Å²) in [5, 5.41) is 2.74. The lowest BCUT2D eigenvalue weighted by atomic mass is 10.2. The van der Waals surface area contributed by atoms with Crippen LogP contribution in [0.3, 0.4) is 0 Å². The van der Waals surface area contributed by atoms with Gasteiger partial charge in [-0.15, -0.1) is 0 Å². The van der Waals surface area contributed by atoms with Crippen molar-refractivity contribution in [1.82, 2.24) is 10.9 Å². The zero-order valence-electron chi connectivity index (χ0n) is 13.6. The van der Waals surface area contributed by atoms with Crippen LogP contribution in [0.4, 0.5) is 5.69 Å². The third-order valence-corrected chi connectivity index (χ3v) is 3.78. The van der Waals surface area contributed by atoms with Gasteiger partial charge in [-0.25, -0.2) is 0 Å². The molecule has 0 fully saturated rings. The van der Waals surface area contributed by atoms with Crippen molar-refractivity contribution >= 4 is 39.3 Å². The van der Waals surface area contributed by atoms with Crippen LogP contribution in [-0.4, -0.2) is 17.7 Å². The van der Waals surface area contributed by atoms with E-state index in [-0.39, 0.29) is 5.91 Å². The third-order valence-electron chi connectivity index (χ3n) is 3.28. The minimum atomic E-state index is -0.449. The number of rotatable bonds is 5. The highest BCUT2D eigenvalue weighted by atomic mass is 79.9. The van der Waals surface area contributed by atoms with Gasteiger partial charge in [0.2, 0.25) is 5.91 Å². The van der Waals surface area contributed by atoms with Crippen LogP contribution in [0.2, 0.25) is 0 Å². The average molecular weight is 404 g/mol. The first kappa shape index (κ1) is 18.7. The fourth-order valence-electron chi connectivity index (χ4n) is 2.04. The molecular formula is C18H18BrN3O3. The van der Waals surface area contributed by atoms with Gasteiger partial charge in [0.05, 0.1) is 0 Å². The van der Waals surface area contributed by atoms with Crippen LogP contribution in [0.5, 0.6) is 0 Å². The lowest BCUT2D eigenvalue weighted by Crippen LogP contribution is -2.41. The summed E-state index contributed by atoms with van der Waals surface area (Å²) in [6.07, 6.45) is 1.22. The van der Waals surface area contributed by atoms with Crippen LogP contribution in [0, 0.1) is 0 Å². The van der Waals surface area contributed by atoms with Gasteiger partial charge in [-0.05, 0) is 48.9 Å². The molecule has 0 unspecified atom stereocenters. The Morgan fingerprint density at radius 1 is 0.920 bits per heavy atom. The molecule has 2 rings (SSSR count). The van der Waals surface area contributed by atoms with Crippen LogP contribution in [0.15, 0.2) is 53.0 Å². The number of carbonyl (C=O) groups is 3. The largest absolute Gasteiger partial charge is 0.326 e. The molecule has 0 aromatic heterocycles. The molecule has 0 heterocycles. The maximum atomic E-state index is 12.1. The van der Waals surface area contributed by atoms with E-state index in [2.05, 4.69) is 32.1 Å². The Bertz CT molecular complexity index is 775. The van der Waals surface area contributed by atoms with Crippen molar-refractivity contribution in [2.45, 2.75) is 19.8 Å². The maximum Gasteiger partial charge on any atom is 0.269 e. The van der Waals surface area contributed by atoms with Crippen molar-refractivity contribution in [3.05, 3.63) is 64.1 Å². The van der Waals surface area contributed by atoms with Crippen LogP contribution >= 0.6 is 15.9 Å². The highest BCUT2D eigenvalue weighted by molar-refractivity contribution is 9.10. The van der Waals surface area contributed by atoms with Crippen LogP contribution in [0.25, 0.3) is 0 Å². The van der Waals surface area contributed by atoms with E-state index < -0.39 is 11.8 Å². The predicted molar refractivity (Wildman–Crippen MR) is 99.1 cm³/mol. The molecule has 2 aromatic carbocycles. The van der Waals surface area contributed by atoms with E-state index in [0.717, 1.165) is 10.9 Å². The van der Waals surface area contributed by atoms with Gasteiger partial charge in [-0.2, -0.15) is 0 Å². The second-order valence-electron chi connectivity index (χ2n) is 5.29. The molecule has 0 aliphatic carbocycles. The van der Waals surface area contributed by atoms with Crippen molar-refractivity contribution in [2.75, 3.05) is 5.32 Å². The minimum absolute atomic E-state index is 0.0685. The van der Waals surface area contributed by atoms with E-state index in [1.807, 2.05) is 6.92 Å². The van der Waals surface area contributed by atoms with Gasteiger partial charge < -0.3 is 5.32 Å². The summed E-state index contributed by atoms with van der Waals surface area (Å²) in [7, 11) is 0. The number of hydrogen-bond donors (Lipinski definition) is 3. The molecule has 3 N–H and O–H groups in total. The van der Waals surface area contributed by atoms with Crippen molar-refractivity contribution in [3.8, 4) is 0 Å². The lowest BCUT2D eigenvalue weighted by molar-refractivity contribution is -0.116. The van der Waals surface area contributed by atoms with Gasteiger partial charge in [-0.3, -0.25) is 25.2 Å². The molecule has 0 aliphatic heterocycles. The Hall–Kier alpha value is -2.67. The van der Waals surface area contributed by atoms with E-state index in [0.29, 0.717) is 23.2 Å². The summed E-state index contributed by atoms with van der Waals surface area (Å²) in [5.41, 5.74) is 6.12. The molecular weight excluding hydrogens is 386 g/mol. The van der Waals surface area contributed by atoms with E-state index in [1.165, 1.54) is 0 Å². The van der Waals surface area contributed by atoms with Gasteiger partial charge >= 0.3 is 0 Å². The molecule has 0 saturated heterocycles. The van der Waals surface area contributed by atoms with Gasteiger partial charge in [0, 0.05) is 27.7 Å². The first-order valence-corrected chi connectivity index (χ1v) is 8.55. The monoisotopic (exact) mass is 403 g/mol. The van der Waals surface area contributed by atoms with E-state index >= 15 is 0 Å². The standard InChI is InChI=1S/C18H18BrN3O3/c1-2-4-16(23)20-15-9-7-12(8-10-15)17(24)21-22-18(25)13-5-3-6-14(19)11-13/h3,5-11H,2,4H2,1H3,(H,20,23)(H,21,24)(H,22,25). The lowest BCUT2D eigenvalue weighted by Gasteiger charge is -2.09. The predicted octanol–water partition coefficient (Wildman–Crippen LogP) is 3.26. The number of anilines is 1. The highest BCUT2D eigenvalue weighted by Gasteiger charge is 2.10. The first-order chi connectivity index (χ1) is 12.0. The molecule has 0 saturated carbocycles. The van der Waals surface area contributed by atoms with E-state index in [4.69, 9.17) is 0 Å². The number of hydrazine groups is 1. The summed E-state index contributed by atoms with van der Waals surface area (Å²) >= 11 is 3.28.